The van der Waals surface area contributed by atoms with Crippen molar-refractivity contribution >= 4 is 51.0 Å². The highest BCUT2D eigenvalue weighted by molar-refractivity contribution is 14.1. The maximum absolute atomic E-state index is 12.9. The molecule has 3 aromatic rings. The molecule has 126 valence electrons. The van der Waals surface area contributed by atoms with Gasteiger partial charge < -0.3 is 5.11 Å². The number of Topliss-reactive ketones (excluding diaryl/α,β-unsaturated/α-hetero) is 1. The van der Waals surface area contributed by atoms with Crippen molar-refractivity contribution in [2.75, 3.05) is 0 Å². The highest BCUT2D eigenvalue weighted by Gasteiger charge is 2.29. The van der Waals surface area contributed by atoms with Crippen LogP contribution in [-0.4, -0.2) is 16.7 Å². The summed E-state index contributed by atoms with van der Waals surface area (Å²) in [4.78, 5) is 25.4. The third-order valence-corrected chi connectivity index (χ3v) is 5.40. The number of phenolic OH excluding ortho intramolecular Hbond substituents is 1. The van der Waals surface area contributed by atoms with Gasteiger partial charge in [-0.25, -0.2) is 0 Å². The van der Waals surface area contributed by atoms with Crippen molar-refractivity contribution in [1.29, 1.82) is 0 Å². The average molecular weight is 452 g/mol. The Morgan fingerprint density at radius 3 is 2.31 bits per heavy atom. The summed E-state index contributed by atoms with van der Waals surface area (Å²) < 4.78 is 0.394. The quantitative estimate of drug-likeness (QED) is 0.519. The number of ketones is 2. The lowest BCUT2D eigenvalue weighted by Crippen LogP contribution is -2.16. The van der Waals surface area contributed by atoms with E-state index in [1.807, 2.05) is 46.9 Å². The van der Waals surface area contributed by atoms with Gasteiger partial charge in [-0.1, -0.05) is 49.1 Å². The third kappa shape index (κ3) is 2.41. The number of rotatable bonds is 2. The highest BCUT2D eigenvalue weighted by Crippen LogP contribution is 2.41. The number of halogens is 1. The van der Waals surface area contributed by atoms with E-state index in [0.717, 1.165) is 16.5 Å². The van der Waals surface area contributed by atoms with Crippen molar-refractivity contribution in [2.45, 2.75) is 0 Å². The summed E-state index contributed by atoms with van der Waals surface area (Å²) in [6.07, 6.45) is 3.05. The Hall–Kier alpha value is -2.73. The molecule has 1 aliphatic rings. The van der Waals surface area contributed by atoms with Crippen molar-refractivity contribution in [3.63, 3.8) is 0 Å². The predicted molar refractivity (Wildman–Crippen MR) is 112 cm³/mol. The number of hydrogen-bond acceptors (Lipinski definition) is 3. The van der Waals surface area contributed by atoms with Crippen LogP contribution in [0.4, 0.5) is 0 Å². The van der Waals surface area contributed by atoms with E-state index in [2.05, 4.69) is 6.58 Å². The molecule has 0 aliphatic heterocycles. The van der Waals surface area contributed by atoms with Crippen molar-refractivity contribution in [2.24, 2.45) is 0 Å². The van der Waals surface area contributed by atoms with Crippen LogP contribution in [0.5, 0.6) is 5.75 Å². The minimum Gasteiger partial charge on any atom is -0.507 e. The molecule has 4 heteroatoms. The van der Waals surface area contributed by atoms with Crippen molar-refractivity contribution in [3.05, 3.63) is 81.5 Å². The zero-order chi connectivity index (χ0) is 18.4. The minimum absolute atomic E-state index is 0.170. The number of carbonyl (C=O) groups is 2. The normalized spacial score (nSPS) is 13.5. The van der Waals surface area contributed by atoms with Gasteiger partial charge in [-0.05, 0) is 51.2 Å². The lowest BCUT2D eigenvalue weighted by molar-refractivity contribution is 0.0993. The summed E-state index contributed by atoms with van der Waals surface area (Å²) in [5.41, 5.74) is 3.03. The van der Waals surface area contributed by atoms with Crippen LogP contribution in [0.2, 0.25) is 0 Å². The molecule has 0 fully saturated rings. The second kappa shape index (κ2) is 6.21. The Morgan fingerprint density at radius 2 is 1.58 bits per heavy atom. The molecule has 4 rings (SSSR count). The van der Waals surface area contributed by atoms with E-state index in [4.69, 9.17) is 0 Å². The third-order valence-electron chi connectivity index (χ3n) is 4.60. The lowest BCUT2D eigenvalue weighted by Gasteiger charge is -2.20. The SMILES string of the molecule is C=Cc1ccc2c(c1-c1ccc(O)c3ccccc13)C(=O)C(I)=CC2=O. The molecule has 0 bridgehead atoms. The summed E-state index contributed by atoms with van der Waals surface area (Å²) in [6, 6.07) is 14.3. The molecule has 0 unspecified atom stereocenters. The van der Waals surface area contributed by atoms with E-state index in [1.54, 1.807) is 30.3 Å². The molecular formula is C22H13IO3. The molecule has 0 amide bonds. The van der Waals surface area contributed by atoms with E-state index < -0.39 is 0 Å². The van der Waals surface area contributed by atoms with Crippen LogP contribution < -0.4 is 0 Å². The molecule has 0 spiro atoms. The number of aromatic hydroxyl groups is 1. The van der Waals surface area contributed by atoms with Crippen LogP contribution in [0, 0.1) is 0 Å². The molecule has 1 aliphatic carbocycles. The molecule has 0 atom stereocenters. The number of carbonyl (C=O) groups excluding carboxylic acids is 2. The monoisotopic (exact) mass is 452 g/mol. The number of benzene rings is 3. The number of allylic oxidation sites excluding steroid dienone is 2. The molecular weight excluding hydrogens is 439 g/mol. The average Bonchev–Trinajstić information content (AvgIpc) is 2.66. The molecule has 1 N–H and O–H groups in total. The molecule has 26 heavy (non-hydrogen) atoms. The molecule has 0 radical (unpaired) electrons. The van der Waals surface area contributed by atoms with Gasteiger partial charge in [0.05, 0.1) is 3.58 Å². The summed E-state index contributed by atoms with van der Waals surface area (Å²) >= 11 is 1.90. The Kier molecular flexibility index (Phi) is 4.00. The molecule has 3 aromatic carbocycles. The first-order chi connectivity index (χ1) is 12.5. The van der Waals surface area contributed by atoms with Crippen LogP contribution in [-0.2, 0) is 0 Å². The van der Waals surface area contributed by atoms with Gasteiger partial charge in [-0.15, -0.1) is 0 Å². The lowest BCUT2D eigenvalue weighted by atomic mass is 9.83. The first-order valence-corrected chi connectivity index (χ1v) is 9.07. The fourth-order valence-electron chi connectivity index (χ4n) is 3.40. The zero-order valence-corrected chi connectivity index (χ0v) is 15.8. The Labute approximate surface area is 163 Å². The minimum atomic E-state index is -0.177. The standard InChI is InChI=1S/C22H13IO3/c1-2-12-7-8-16-19(25)11-17(23)22(26)21(16)20(12)15-9-10-18(24)14-6-4-3-5-13(14)15/h2-11,24H,1H2. The van der Waals surface area contributed by atoms with Crippen molar-refractivity contribution in [1.82, 2.24) is 0 Å². The first kappa shape index (κ1) is 16.7. The highest BCUT2D eigenvalue weighted by atomic mass is 127. The number of phenols is 1. The summed E-state index contributed by atoms with van der Waals surface area (Å²) in [5.74, 6) is -0.175. The molecule has 3 nitrogen and oxygen atoms in total. The van der Waals surface area contributed by atoms with Crippen LogP contribution in [0.15, 0.2) is 64.8 Å². The first-order valence-electron chi connectivity index (χ1n) is 7.99. The van der Waals surface area contributed by atoms with Crippen LogP contribution in [0.3, 0.4) is 0 Å². The van der Waals surface area contributed by atoms with Gasteiger partial charge in [0.2, 0.25) is 5.78 Å². The van der Waals surface area contributed by atoms with Gasteiger partial charge in [0, 0.05) is 28.2 Å². The van der Waals surface area contributed by atoms with E-state index in [-0.39, 0.29) is 17.3 Å². The van der Waals surface area contributed by atoms with Gasteiger partial charge in [0.1, 0.15) is 5.75 Å². The van der Waals surface area contributed by atoms with E-state index in [1.165, 1.54) is 6.08 Å². The number of hydrogen-bond donors (Lipinski definition) is 1. The fraction of sp³-hybridized carbons (Fsp3) is 0. The van der Waals surface area contributed by atoms with E-state index >= 15 is 0 Å². The Morgan fingerprint density at radius 1 is 0.885 bits per heavy atom. The Bertz CT molecular complexity index is 1160. The van der Waals surface area contributed by atoms with E-state index in [9.17, 15) is 14.7 Å². The molecule has 0 saturated heterocycles. The topological polar surface area (TPSA) is 54.4 Å². The van der Waals surface area contributed by atoms with Crippen molar-refractivity contribution < 1.29 is 14.7 Å². The Balaban J connectivity index is 2.17. The van der Waals surface area contributed by atoms with Crippen LogP contribution in [0.1, 0.15) is 26.3 Å². The maximum Gasteiger partial charge on any atom is 0.200 e. The number of fused-ring (bicyclic) bond motifs is 2. The molecule has 0 aromatic heterocycles. The largest absolute Gasteiger partial charge is 0.507 e. The van der Waals surface area contributed by atoms with Crippen LogP contribution >= 0.6 is 22.6 Å². The maximum atomic E-state index is 12.9. The second-order valence-electron chi connectivity index (χ2n) is 6.02. The fourth-order valence-corrected chi connectivity index (χ4v) is 3.95. The van der Waals surface area contributed by atoms with Gasteiger partial charge in [-0.2, -0.15) is 0 Å². The summed E-state index contributed by atoms with van der Waals surface area (Å²) in [5, 5.41) is 11.7. The smallest absolute Gasteiger partial charge is 0.200 e. The van der Waals surface area contributed by atoms with Crippen molar-refractivity contribution in [3.8, 4) is 16.9 Å². The summed E-state index contributed by atoms with van der Waals surface area (Å²) in [7, 11) is 0. The van der Waals surface area contributed by atoms with Gasteiger partial charge in [0.15, 0.2) is 5.78 Å². The van der Waals surface area contributed by atoms with Crippen LogP contribution in [0.25, 0.3) is 28.0 Å². The van der Waals surface area contributed by atoms with Gasteiger partial charge in [-0.3, -0.25) is 9.59 Å². The molecule has 0 heterocycles. The van der Waals surface area contributed by atoms with Gasteiger partial charge in [0.25, 0.3) is 0 Å². The predicted octanol–water partition coefficient (Wildman–Crippen LogP) is 5.55. The van der Waals surface area contributed by atoms with Gasteiger partial charge >= 0.3 is 0 Å². The zero-order valence-electron chi connectivity index (χ0n) is 13.6. The summed E-state index contributed by atoms with van der Waals surface area (Å²) in [6.45, 7) is 3.86. The second-order valence-corrected chi connectivity index (χ2v) is 7.18. The molecule has 0 saturated carbocycles. The van der Waals surface area contributed by atoms with E-state index in [0.29, 0.717) is 25.7 Å².